The normalized spacial score (nSPS) is 19.4. The van der Waals surface area contributed by atoms with E-state index in [2.05, 4.69) is 72.3 Å². The molecular formula is C25H36N8O. The minimum Gasteiger partial charge on any atom is -0.409 e. The molecule has 1 saturated carbocycles. The second kappa shape index (κ2) is 11.3. The molecule has 34 heavy (non-hydrogen) atoms. The number of piperidine rings is 1. The summed E-state index contributed by atoms with van der Waals surface area (Å²) in [6.45, 7) is 6.33. The van der Waals surface area contributed by atoms with Gasteiger partial charge in [0.15, 0.2) is 11.6 Å². The smallest absolute Gasteiger partial charge is 0.208 e. The molecule has 2 aliphatic rings. The predicted octanol–water partition coefficient (Wildman–Crippen LogP) is 3.61. The zero-order valence-electron chi connectivity index (χ0n) is 20.0. The molecule has 2 fully saturated rings. The van der Waals surface area contributed by atoms with Gasteiger partial charge in [-0.25, -0.2) is 15.0 Å². The van der Waals surface area contributed by atoms with E-state index < -0.39 is 0 Å². The third-order valence-corrected chi connectivity index (χ3v) is 6.97. The first kappa shape index (κ1) is 23.9. The number of anilines is 2. The van der Waals surface area contributed by atoms with Gasteiger partial charge in [-0.3, -0.25) is 4.90 Å². The van der Waals surface area contributed by atoms with Crippen molar-refractivity contribution in [1.29, 1.82) is 0 Å². The number of likely N-dealkylation sites (tertiary alicyclic amines) is 1. The molecule has 2 heterocycles. The van der Waals surface area contributed by atoms with Crippen LogP contribution in [0.25, 0.3) is 0 Å². The lowest BCUT2D eigenvalue weighted by Gasteiger charge is -2.39. The summed E-state index contributed by atoms with van der Waals surface area (Å²) in [5, 5.41) is 15.7. The van der Waals surface area contributed by atoms with Gasteiger partial charge in [-0.2, -0.15) is 0 Å². The third kappa shape index (κ3) is 5.64. The molecule has 1 aromatic heterocycles. The van der Waals surface area contributed by atoms with Crippen molar-refractivity contribution in [2.24, 2.45) is 21.8 Å². The summed E-state index contributed by atoms with van der Waals surface area (Å²) in [7, 11) is 2.04. The lowest BCUT2D eigenvalue weighted by Crippen LogP contribution is -2.46. The second-order valence-corrected chi connectivity index (χ2v) is 9.38. The first-order valence-electron chi connectivity index (χ1n) is 12.2. The predicted molar refractivity (Wildman–Crippen MR) is 137 cm³/mol. The standard InChI is InChI=1S/C25H36N8O/c1-27-23-21(24(28-16-19-11-8-12-19)30-25(29-23)22(26)31-34)32(2)17-33-14-7-6-13-20(33)15-18-9-4-3-5-10-18/h3-5,9-10,19-20,34H,1,6-8,11-17H2,2H3,(H2,26,31)(H,28,29,30). The van der Waals surface area contributed by atoms with Gasteiger partial charge in [0, 0.05) is 26.2 Å². The summed E-state index contributed by atoms with van der Waals surface area (Å²) in [5.41, 5.74) is 7.96. The summed E-state index contributed by atoms with van der Waals surface area (Å²) in [4.78, 5) is 17.9. The van der Waals surface area contributed by atoms with E-state index in [-0.39, 0.29) is 11.7 Å². The summed E-state index contributed by atoms with van der Waals surface area (Å²) >= 11 is 0. The van der Waals surface area contributed by atoms with Gasteiger partial charge in [-0.15, -0.1) is 0 Å². The van der Waals surface area contributed by atoms with Crippen LogP contribution in [-0.2, 0) is 6.42 Å². The van der Waals surface area contributed by atoms with E-state index in [1.165, 1.54) is 44.1 Å². The Morgan fingerprint density at radius 1 is 1.21 bits per heavy atom. The van der Waals surface area contributed by atoms with Crippen LogP contribution in [-0.4, -0.2) is 65.5 Å². The monoisotopic (exact) mass is 464 g/mol. The van der Waals surface area contributed by atoms with E-state index in [1.54, 1.807) is 0 Å². The molecule has 9 heteroatoms. The Kier molecular flexibility index (Phi) is 7.95. The van der Waals surface area contributed by atoms with E-state index in [0.717, 1.165) is 31.9 Å². The number of nitrogens with one attached hydrogen (secondary N) is 1. The molecule has 1 aliphatic heterocycles. The molecule has 0 bridgehead atoms. The van der Waals surface area contributed by atoms with Gasteiger partial charge in [-0.05, 0) is 50.3 Å². The molecular weight excluding hydrogens is 428 g/mol. The fourth-order valence-corrected chi connectivity index (χ4v) is 4.83. The Balaban J connectivity index is 1.58. The number of nitrogens with two attached hydrogens (primary N) is 1. The summed E-state index contributed by atoms with van der Waals surface area (Å²) < 4.78 is 0. The summed E-state index contributed by atoms with van der Waals surface area (Å²) in [6.07, 6.45) is 8.37. The fraction of sp³-hybridized carbons (Fsp3) is 0.520. The largest absolute Gasteiger partial charge is 0.409 e. The van der Waals surface area contributed by atoms with E-state index in [0.29, 0.717) is 23.6 Å². The number of rotatable bonds is 10. The number of aromatic nitrogens is 2. The highest BCUT2D eigenvalue weighted by molar-refractivity contribution is 5.95. The van der Waals surface area contributed by atoms with Crippen molar-refractivity contribution in [2.75, 3.05) is 37.0 Å². The van der Waals surface area contributed by atoms with Crippen molar-refractivity contribution in [3.63, 3.8) is 0 Å². The van der Waals surface area contributed by atoms with Crippen LogP contribution < -0.4 is 16.0 Å². The Bertz CT molecular complexity index is 992. The minimum absolute atomic E-state index is 0.137. The number of amidine groups is 1. The lowest BCUT2D eigenvalue weighted by molar-refractivity contribution is 0.149. The number of benzene rings is 1. The lowest BCUT2D eigenvalue weighted by atomic mass is 9.85. The maximum absolute atomic E-state index is 9.15. The molecule has 1 unspecified atom stereocenters. The van der Waals surface area contributed by atoms with Gasteiger partial charge in [-0.1, -0.05) is 48.3 Å². The maximum Gasteiger partial charge on any atom is 0.208 e. The molecule has 1 atom stereocenters. The summed E-state index contributed by atoms with van der Waals surface area (Å²) in [5.74, 6) is 1.69. The zero-order valence-corrected chi connectivity index (χ0v) is 20.0. The van der Waals surface area contributed by atoms with Crippen LogP contribution in [0.2, 0.25) is 0 Å². The van der Waals surface area contributed by atoms with Crippen molar-refractivity contribution >= 4 is 29.9 Å². The maximum atomic E-state index is 9.15. The van der Waals surface area contributed by atoms with E-state index >= 15 is 0 Å². The molecule has 0 amide bonds. The van der Waals surface area contributed by atoms with Crippen LogP contribution in [0.3, 0.4) is 0 Å². The van der Waals surface area contributed by atoms with Crippen LogP contribution in [0, 0.1) is 5.92 Å². The highest BCUT2D eigenvalue weighted by Gasteiger charge is 2.27. The first-order valence-corrected chi connectivity index (χ1v) is 12.2. The Morgan fingerprint density at radius 2 is 2.00 bits per heavy atom. The molecule has 182 valence electrons. The molecule has 2 aromatic rings. The van der Waals surface area contributed by atoms with Crippen LogP contribution in [0.5, 0.6) is 0 Å². The minimum atomic E-state index is -0.148. The SMILES string of the molecule is C=Nc1nc(/C(N)=N/O)nc(NCC2CCC2)c1N(C)CN1CCCCC1Cc1ccccc1. The zero-order chi connectivity index (χ0) is 23.9. The first-order chi connectivity index (χ1) is 16.6. The third-order valence-electron chi connectivity index (χ3n) is 6.97. The van der Waals surface area contributed by atoms with Gasteiger partial charge in [0.1, 0.15) is 5.69 Å². The van der Waals surface area contributed by atoms with Crippen LogP contribution in [0.15, 0.2) is 40.5 Å². The molecule has 0 spiro atoms. The van der Waals surface area contributed by atoms with Crippen molar-refractivity contribution < 1.29 is 5.21 Å². The number of hydrogen-bond acceptors (Lipinski definition) is 8. The van der Waals surface area contributed by atoms with Crippen LogP contribution in [0.4, 0.5) is 17.3 Å². The molecule has 4 N–H and O–H groups in total. The average molecular weight is 465 g/mol. The topological polar surface area (TPSA) is 115 Å². The Labute approximate surface area is 201 Å². The second-order valence-electron chi connectivity index (χ2n) is 9.38. The van der Waals surface area contributed by atoms with Crippen molar-refractivity contribution in [1.82, 2.24) is 14.9 Å². The van der Waals surface area contributed by atoms with E-state index in [9.17, 15) is 0 Å². The highest BCUT2D eigenvalue weighted by Crippen LogP contribution is 2.35. The number of hydrogen-bond donors (Lipinski definition) is 3. The van der Waals surface area contributed by atoms with E-state index in [4.69, 9.17) is 10.9 Å². The van der Waals surface area contributed by atoms with Gasteiger partial charge in [0.25, 0.3) is 0 Å². The van der Waals surface area contributed by atoms with Crippen molar-refractivity contribution in [2.45, 2.75) is 51.0 Å². The molecule has 1 aliphatic carbocycles. The quantitative estimate of drug-likeness (QED) is 0.213. The van der Waals surface area contributed by atoms with Crippen molar-refractivity contribution in [3.05, 3.63) is 41.7 Å². The highest BCUT2D eigenvalue weighted by atomic mass is 16.4. The molecule has 0 radical (unpaired) electrons. The number of oxime groups is 1. The Morgan fingerprint density at radius 3 is 2.68 bits per heavy atom. The van der Waals surface area contributed by atoms with Crippen molar-refractivity contribution in [3.8, 4) is 0 Å². The van der Waals surface area contributed by atoms with Crippen LogP contribution >= 0.6 is 0 Å². The van der Waals surface area contributed by atoms with Gasteiger partial charge in [0.05, 0.1) is 6.67 Å². The van der Waals surface area contributed by atoms with E-state index in [1.807, 2.05) is 7.05 Å². The molecule has 1 aromatic carbocycles. The molecule has 4 rings (SSSR count). The summed E-state index contributed by atoms with van der Waals surface area (Å²) in [6, 6.07) is 11.2. The van der Waals surface area contributed by atoms with Crippen LogP contribution in [0.1, 0.15) is 49.9 Å². The van der Waals surface area contributed by atoms with Gasteiger partial charge < -0.3 is 21.2 Å². The Hall–Kier alpha value is -3.20. The fourth-order valence-electron chi connectivity index (χ4n) is 4.83. The molecule has 9 nitrogen and oxygen atoms in total. The van der Waals surface area contributed by atoms with Gasteiger partial charge >= 0.3 is 0 Å². The average Bonchev–Trinajstić information content (AvgIpc) is 2.83. The number of nitrogens with zero attached hydrogens (tertiary/aromatic N) is 6. The molecule has 1 saturated heterocycles. The van der Waals surface area contributed by atoms with Gasteiger partial charge in [0.2, 0.25) is 11.7 Å². The number of aliphatic imine (C=N–C) groups is 1.